The number of aromatic nitrogens is 1. The summed E-state index contributed by atoms with van der Waals surface area (Å²) in [6.45, 7) is 0. The monoisotopic (exact) mass is 335 g/mol. The molecule has 3 aromatic rings. The number of rotatable bonds is 3. The van der Waals surface area contributed by atoms with Crippen molar-refractivity contribution in [3.05, 3.63) is 88.7 Å². The molecule has 1 aromatic heterocycles. The van der Waals surface area contributed by atoms with Crippen LogP contribution in [0.5, 0.6) is 0 Å². The number of aliphatic imine (C=N–C) groups is 1. The molecular formula is C18H17N5O2. The van der Waals surface area contributed by atoms with Crippen LogP contribution in [0.2, 0.25) is 0 Å². The van der Waals surface area contributed by atoms with Gasteiger partial charge in [0.25, 0.3) is 5.69 Å². The van der Waals surface area contributed by atoms with Crippen molar-refractivity contribution in [3.8, 4) is 0 Å². The summed E-state index contributed by atoms with van der Waals surface area (Å²) in [5.74, 6) is 0. The van der Waals surface area contributed by atoms with Crippen LogP contribution in [0.1, 0.15) is 5.69 Å². The third kappa shape index (κ3) is 6.11. The van der Waals surface area contributed by atoms with E-state index in [1.807, 2.05) is 42.5 Å². The van der Waals surface area contributed by atoms with E-state index in [1.54, 1.807) is 12.4 Å². The molecule has 4 N–H and O–H groups in total. The number of non-ortho nitro benzene ring substituents is 1. The Labute approximate surface area is 144 Å². The first-order valence-corrected chi connectivity index (χ1v) is 7.35. The molecule has 0 saturated carbocycles. The van der Waals surface area contributed by atoms with Crippen LogP contribution in [0.15, 0.2) is 77.9 Å². The SMILES string of the molecule is Nc1ccc(N=Cc2ccccn2)cc1.Nc1ccc([N+](=O)[O-])cc1. The molecule has 0 spiro atoms. The number of nitro benzene ring substituents is 1. The summed E-state index contributed by atoms with van der Waals surface area (Å²) in [4.78, 5) is 18.0. The molecule has 0 aliphatic carbocycles. The predicted octanol–water partition coefficient (Wildman–Crippen LogP) is 3.59. The number of benzene rings is 2. The maximum Gasteiger partial charge on any atom is 0.269 e. The van der Waals surface area contributed by atoms with E-state index < -0.39 is 4.92 Å². The van der Waals surface area contributed by atoms with Crippen molar-refractivity contribution in [2.75, 3.05) is 11.5 Å². The zero-order chi connectivity index (χ0) is 18.1. The maximum absolute atomic E-state index is 10.1. The minimum atomic E-state index is -0.459. The molecule has 2 aromatic carbocycles. The van der Waals surface area contributed by atoms with E-state index >= 15 is 0 Å². The van der Waals surface area contributed by atoms with E-state index in [1.165, 1.54) is 24.3 Å². The minimum absolute atomic E-state index is 0.0641. The maximum atomic E-state index is 10.1. The summed E-state index contributed by atoms with van der Waals surface area (Å²) in [6.07, 6.45) is 3.47. The standard InChI is InChI=1S/C12H11N3.C6H6N2O2/c13-10-4-6-11(7-5-10)15-9-12-3-1-2-8-14-12;7-5-1-3-6(4-2-5)8(9)10/h1-9H,13H2;1-4H,7H2. The highest BCUT2D eigenvalue weighted by Gasteiger charge is 2.01. The number of hydrogen-bond acceptors (Lipinski definition) is 6. The Morgan fingerprint density at radius 1 is 0.920 bits per heavy atom. The summed E-state index contributed by atoms with van der Waals surface area (Å²) >= 11 is 0. The molecule has 0 fully saturated rings. The molecule has 0 amide bonds. The summed E-state index contributed by atoms with van der Waals surface area (Å²) < 4.78 is 0. The molecule has 7 heteroatoms. The molecule has 1 heterocycles. The Morgan fingerprint density at radius 3 is 2.04 bits per heavy atom. The van der Waals surface area contributed by atoms with Crippen molar-refractivity contribution < 1.29 is 4.92 Å². The number of pyridine rings is 1. The summed E-state index contributed by atoms with van der Waals surface area (Å²) in [5, 5.41) is 10.1. The van der Waals surface area contributed by atoms with Crippen LogP contribution in [0.4, 0.5) is 22.7 Å². The second kappa shape index (κ2) is 8.78. The average Bonchev–Trinajstić information content (AvgIpc) is 2.63. The molecule has 126 valence electrons. The minimum Gasteiger partial charge on any atom is -0.399 e. The highest BCUT2D eigenvalue weighted by atomic mass is 16.6. The number of nitrogens with zero attached hydrogens (tertiary/aromatic N) is 3. The van der Waals surface area contributed by atoms with Crippen molar-refractivity contribution in [1.82, 2.24) is 4.98 Å². The lowest BCUT2D eigenvalue weighted by Crippen LogP contribution is -1.88. The molecule has 0 atom stereocenters. The number of anilines is 2. The molecule has 0 radical (unpaired) electrons. The van der Waals surface area contributed by atoms with E-state index in [0.29, 0.717) is 5.69 Å². The molecule has 0 unspecified atom stereocenters. The highest BCUT2D eigenvalue weighted by molar-refractivity contribution is 5.79. The fourth-order valence-electron chi connectivity index (χ4n) is 1.75. The Bertz CT molecular complexity index is 832. The Balaban J connectivity index is 0.000000196. The molecular weight excluding hydrogens is 318 g/mol. The molecule has 7 nitrogen and oxygen atoms in total. The molecule has 0 aliphatic heterocycles. The average molecular weight is 335 g/mol. The zero-order valence-electron chi connectivity index (χ0n) is 13.3. The first-order valence-electron chi connectivity index (χ1n) is 7.35. The first kappa shape index (κ1) is 17.6. The second-order valence-corrected chi connectivity index (χ2v) is 4.95. The lowest BCUT2D eigenvalue weighted by Gasteiger charge is -1.94. The summed E-state index contributed by atoms with van der Waals surface area (Å²) in [7, 11) is 0. The molecule has 25 heavy (non-hydrogen) atoms. The fraction of sp³-hybridized carbons (Fsp3) is 0. The van der Waals surface area contributed by atoms with Crippen LogP contribution in [0, 0.1) is 10.1 Å². The zero-order valence-corrected chi connectivity index (χ0v) is 13.3. The normalized spacial score (nSPS) is 10.1. The molecule has 3 rings (SSSR count). The van der Waals surface area contributed by atoms with E-state index in [2.05, 4.69) is 9.98 Å². The van der Waals surface area contributed by atoms with Gasteiger partial charge in [0.1, 0.15) is 0 Å². The van der Waals surface area contributed by atoms with Gasteiger partial charge in [-0.3, -0.25) is 20.1 Å². The van der Waals surface area contributed by atoms with Crippen LogP contribution < -0.4 is 11.5 Å². The van der Waals surface area contributed by atoms with Gasteiger partial charge in [-0.2, -0.15) is 0 Å². The van der Waals surface area contributed by atoms with Gasteiger partial charge >= 0.3 is 0 Å². The number of nitrogen functional groups attached to an aromatic ring is 2. The van der Waals surface area contributed by atoms with Crippen LogP contribution in [0.25, 0.3) is 0 Å². The van der Waals surface area contributed by atoms with Crippen LogP contribution in [-0.2, 0) is 0 Å². The third-order valence-electron chi connectivity index (χ3n) is 3.03. The van der Waals surface area contributed by atoms with Gasteiger partial charge in [0.05, 0.1) is 22.5 Å². The predicted molar refractivity (Wildman–Crippen MR) is 99.9 cm³/mol. The number of hydrogen-bond donors (Lipinski definition) is 2. The van der Waals surface area contributed by atoms with E-state index in [4.69, 9.17) is 11.5 Å². The van der Waals surface area contributed by atoms with Crippen molar-refractivity contribution in [3.63, 3.8) is 0 Å². The van der Waals surface area contributed by atoms with Crippen LogP contribution in [-0.4, -0.2) is 16.1 Å². The van der Waals surface area contributed by atoms with Gasteiger partial charge in [-0.15, -0.1) is 0 Å². The molecule has 0 bridgehead atoms. The van der Waals surface area contributed by atoms with Crippen LogP contribution >= 0.6 is 0 Å². The van der Waals surface area contributed by atoms with Gasteiger partial charge in [0, 0.05) is 29.7 Å². The van der Waals surface area contributed by atoms with Gasteiger partial charge in [-0.25, -0.2) is 0 Å². The van der Waals surface area contributed by atoms with Gasteiger partial charge < -0.3 is 11.5 Å². The first-order chi connectivity index (χ1) is 12.0. The molecule has 0 aliphatic rings. The van der Waals surface area contributed by atoms with Crippen molar-refractivity contribution >= 4 is 29.0 Å². The van der Waals surface area contributed by atoms with Crippen LogP contribution in [0.3, 0.4) is 0 Å². The third-order valence-corrected chi connectivity index (χ3v) is 3.03. The summed E-state index contributed by atoms with van der Waals surface area (Å²) in [5.41, 5.74) is 13.9. The Morgan fingerprint density at radius 2 is 1.52 bits per heavy atom. The second-order valence-electron chi connectivity index (χ2n) is 4.95. The smallest absolute Gasteiger partial charge is 0.269 e. The molecule has 0 saturated heterocycles. The number of nitrogens with two attached hydrogens (primary N) is 2. The van der Waals surface area contributed by atoms with E-state index in [9.17, 15) is 10.1 Å². The van der Waals surface area contributed by atoms with Crippen molar-refractivity contribution in [2.24, 2.45) is 4.99 Å². The van der Waals surface area contributed by atoms with Gasteiger partial charge in [0.15, 0.2) is 0 Å². The topological polar surface area (TPSA) is 120 Å². The quantitative estimate of drug-likeness (QED) is 0.328. The van der Waals surface area contributed by atoms with E-state index in [0.717, 1.165) is 17.1 Å². The number of nitro groups is 1. The van der Waals surface area contributed by atoms with Gasteiger partial charge in [0.2, 0.25) is 0 Å². The highest BCUT2D eigenvalue weighted by Crippen LogP contribution is 2.13. The van der Waals surface area contributed by atoms with E-state index in [-0.39, 0.29) is 5.69 Å². The Hall–Kier alpha value is -3.74. The van der Waals surface area contributed by atoms with Crippen molar-refractivity contribution in [2.45, 2.75) is 0 Å². The van der Waals surface area contributed by atoms with Crippen molar-refractivity contribution in [1.29, 1.82) is 0 Å². The van der Waals surface area contributed by atoms with Gasteiger partial charge in [-0.1, -0.05) is 6.07 Å². The Kier molecular flexibility index (Phi) is 6.18. The summed E-state index contributed by atoms with van der Waals surface area (Å²) in [6, 6.07) is 18.8. The largest absolute Gasteiger partial charge is 0.399 e. The lowest BCUT2D eigenvalue weighted by molar-refractivity contribution is -0.384. The fourth-order valence-corrected chi connectivity index (χ4v) is 1.75. The lowest BCUT2D eigenvalue weighted by atomic mass is 10.3. The van der Waals surface area contributed by atoms with Gasteiger partial charge in [-0.05, 0) is 48.5 Å².